The van der Waals surface area contributed by atoms with Crippen molar-refractivity contribution in [3.8, 4) is 22.4 Å². The topological polar surface area (TPSA) is 25.8 Å². The second kappa shape index (κ2) is 7.61. The molecule has 3 aromatic carbocycles. The van der Waals surface area contributed by atoms with Crippen LogP contribution in [0.1, 0.15) is 0 Å². The molecular formula is C29H24N2SSi. The van der Waals surface area contributed by atoms with Gasteiger partial charge in [-0.25, -0.2) is 4.98 Å². The van der Waals surface area contributed by atoms with Crippen LogP contribution in [0.3, 0.4) is 0 Å². The van der Waals surface area contributed by atoms with Gasteiger partial charge >= 0.3 is 0 Å². The van der Waals surface area contributed by atoms with Crippen molar-refractivity contribution in [1.29, 1.82) is 0 Å². The number of hydrogen-bond donors (Lipinski definition) is 0. The van der Waals surface area contributed by atoms with Gasteiger partial charge in [0.2, 0.25) is 0 Å². The van der Waals surface area contributed by atoms with Gasteiger partial charge in [-0.15, -0.1) is 11.3 Å². The first-order valence-electron chi connectivity index (χ1n) is 11.3. The summed E-state index contributed by atoms with van der Waals surface area (Å²) in [4.78, 5) is 9.59. The fourth-order valence-electron chi connectivity index (χ4n) is 4.54. The molecule has 0 radical (unpaired) electrons. The zero-order valence-corrected chi connectivity index (χ0v) is 20.8. The van der Waals surface area contributed by atoms with E-state index in [0.29, 0.717) is 0 Å². The van der Waals surface area contributed by atoms with E-state index in [4.69, 9.17) is 4.98 Å². The minimum atomic E-state index is -1.45. The number of rotatable bonds is 3. The van der Waals surface area contributed by atoms with Gasteiger partial charge in [0, 0.05) is 49.1 Å². The molecule has 6 aromatic rings. The lowest BCUT2D eigenvalue weighted by Crippen LogP contribution is -2.37. The normalized spacial score (nSPS) is 12.1. The van der Waals surface area contributed by atoms with Gasteiger partial charge in [0.05, 0.1) is 19.3 Å². The average molecular weight is 461 g/mol. The molecule has 0 saturated heterocycles. The van der Waals surface area contributed by atoms with Crippen molar-refractivity contribution in [3.63, 3.8) is 0 Å². The molecule has 3 heterocycles. The summed E-state index contributed by atoms with van der Waals surface area (Å²) in [5, 5.41) is 5.26. The number of benzene rings is 3. The summed E-state index contributed by atoms with van der Waals surface area (Å²) < 4.78 is 2.61. The quantitative estimate of drug-likeness (QED) is 0.251. The summed E-state index contributed by atoms with van der Waals surface area (Å²) in [7, 11) is -1.45. The Morgan fingerprint density at radius 1 is 0.727 bits per heavy atom. The van der Waals surface area contributed by atoms with E-state index in [1.807, 2.05) is 29.8 Å². The monoisotopic (exact) mass is 460 g/mol. The fraction of sp³-hybridized carbons (Fsp3) is 0.103. The highest BCUT2D eigenvalue weighted by molar-refractivity contribution is 7.26. The van der Waals surface area contributed by atoms with Crippen LogP contribution in [-0.4, -0.2) is 18.0 Å². The van der Waals surface area contributed by atoms with Gasteiger partial charge in [-0.1, -0.05) is 79.4 Å². The fourth-order valence-corrected chi connectivity index (χ4v) is 6.93. The molecule has 0 bridgehead atoms. The van der Waals surface area contributed by atoms with Gasteiger partial charge in [0.15, 0.2) is 0 Å². The second-order valence-corrected chi connectivity index (χ2v) is 15.7. The van der Waals surface area contributed by atoms with E-state index in [1.165, 1.54) is 41.9 Å². The van der Waals surface area contributed by atoms with Crippen molar-refractivity contribution in [2.75, 3.05) is 0 Å². The van der Waals surface area contributed by atoms with Crippen LogP contribution < -0.4 is 5.19 Å². The highest BCUT2D eigenvalue weighted by atomic mass is 32.1. The molecule has 0 unspecified atom stereocenters. The molecule has 160 valence electrons. The molecule has 0 aliphatic heterocycles. The Kier molecular flexibility index (Phi) is 4.68. The molecule has 0 aliphatic carbocycles. The van der Waals surface area contributed by atoms with Gasteiger partial charge in [-0.05, 0) is 29.8 Å². The lowest BCUT2D eigenvalue weighted by Gasteiger charge is -2.18. The van der Waals surface area contributed by atoms with Crippen LogP contribution in [0.2, 0.25) is 19.6 Å². The molecule has 0 atom stereocenters. The Balaban J connectivity index is 1.67. The van der Waals surface area contributed by atoms with Crippen molar-refractivity contribution in [2.24, 2.45) is 0 Å². The third-order valence-corrected chi connectivity index (χ3v) is 9.59. The van der Waals surface area contributed by atoms with Gasteiger partial charge in [-0.2, -0.15) is 0 Å². The zero-order chi connectivity index (χ0) is 22.6. The van der Waals surface area contributed by atoms with Crippen LogP contribution in [0.25, 0.3) is 53.5 Å². The molecule has 0 fully saturated rings. The zero-order valence-electron chi connectivity index (χ0n) is 19.0. The Morgan fingerprint density at radius 2 is 1.58 bits per heavy atom. The summed E-state index contributed by atoms with van der Waals surface area (Å²) in [6.07, 6.45) is 3.79. The van der Waals surface area contributed by atoms with E-state index in [2.05, 4.69) is 97.4 Å². The predicted octanol–water partition coefficient (Wildman–Crippen LogP) is 7.88. The highest BCUT2D eigenvalue weighted by Gasteiger charge is 2.19. The first-order valence-corrected chi connectivity index (χ1v) is 15.6. The Bertz CT molecular complexity index is 1650. The molecular weight excluding hydrogens is 436 g/mol. The third kappa shape index (κ3) is 3.47. The van der Waals surface area contributed by atoms with Crippen LogP contribution in [0.5, 0.6) is 0 Å². The summed E-state index contributed by atoms with van der Waals surface area (Å²) in [5.74, 6) is 0. The smallest absolute Gasteiger partial charge is 0.0776 e. The molecule has 0 spiro atoms. The van der Waals surface area contributed by atoms with Crippen molar-refractivity contribution < 1.29 is 0 Å². The standard InChI is InChI=1S/C29H24N2SSi/c1-33(2,3)20-13-14-26-25(16-20)24(19-8-7-15-30-18-19)17-27(31-26)23-11-6-10-22-21-9-4-5-12-28(21)32-29(22)23/h4-18H,1-3H3. The number of aromatic nitrogens is 2. The van der Waals surface area contributed by atoms with Gasteiger partial charge < -0.3 is 0 Å². The molecule has 2 nitrogen and oxygen atoms in total. The molecule has 6 rings (SSSR count). The first kappa shape index (κ1) is 20.3. The molecule has 0 aliphatic rings. The molecule has 0 N–H and O–H groups in total. The number of nitrogens with zero attached hydrogens (tertiary/aromatic N) is 2. The van der Waals surface area contributed by atoms with E-state index in [1.54, 1.807) is 0 Å². The van der Waals surface area contributed by atoms with Gasteiger partial charge in [-0.3, -0.25) is 4.98 Å². The Labute approximate surface area is 198 Å². The van der Waals surface area contributed by atoms with Crippen molar-refractivity contribution in [1.82, 2.24) is 9.97 Å². The van der Waals surface area contributed by atoms with Crippen molar-refractivity contribution in [3.05, 3.63) is 91.3 Å². The number of pyridine rings is 2. The van der Waals surface area contributed by atoms with Crippen LogP contribution >= 0.6 is 11.3 Å². The SMILES string of the molecule is C[Si](C)(C)c1ccc2nc(-c3cccc4c3sc3ccccc34)cc(-c3cccnc3)c2c1. The van der Waals surface area contributed by atoms with E-state index in [0.717, 1.165) is 16.8 Å². The number of thiophene rings is 1. The maximum atomic E-state index is 5.18. The Morgan fingerprint density at radius 3 is 2.39 bits per heavy atom. The number of hydrogen-bond acceptors (Lipinski definition) is 3. The second-order valence-electron chi connectivity index (χ2n) is 9.56. The molecule has 0 amide bonds. The van der Waals surface area contributed by atoms with Crippen molar-refractivity contribution in [2.45, 2.75) is 19.6 Å². The predicted molar refractivity (Wildman–Crippen MR) is 146 cm³/mol. The van der Waals surface area contributed by atoms with Crippen LogP contribution in [0.4, 0.5) is 0 Å². The minimum absolute atomic E-state index is 1.01. The highest BCUT2D eigenvalue weighted by Crippen LogP contribution is 2.41. The average Bonchev–Trinajstić information content (AvgIpc) is 3.22. The third-order valence-electron chi connectivity index (χ3n) is 6.33. The lowest BCUT2D eigenvalue weighted by atomic mass is 9.98. The van der Waals surface area contributed by atoms with E-state index >= 15 is 0 Å². The number of fused-ring (bicyclic) bond motifs is 4. The van der Waals surface area contributed by atoms with Crippen LogP contribution in [-0.2, 0) is 0 Å². The molecule has 3 aromatic heterocycles. The van der Waals surface area contributed by atoms with E-state index < -0.39 is 8.07 Å². The van der Waals surface area contributed by atoms with Crippen LogP contribution in [0.15, 0.2) is 91.3 Å². The van der Waals surface area contributed by atoms with Gasteiger partial charge in [0.25, 0.3) is 0 Å². The maximum Gasteiger partial charge on any atom is 0.0776 e. The minimum Gasteiger partial charge on any atom is -0.264 e. The Hall–Kier alpha value is -3.34. The summed E-state index contributed by atoms with van der Waals surface area (Å²) >= 11 is 1.85. The summed E-state index contributed by atoms with van der Waals surface area (Å²) in [5.41, 5.74) is 5.56. The van der Waals surface area contributed by atoms with Crippen molar-refractivity contribution >= 4 is 55.7 Å². The van der Waals surface area contributed by atoms with E-state index in [9.17, 15) is 0 Å². The first-order chi connectivity index (χ1) is 16.0. The van der Waals surface area contributed by atoms with E-state index in [-0.39, 0.29) is 0 Å². The summed E-state index contributed by atoms with van der Waals surface area (Å²) in [6, 6.07) is 28.5. The lowest BCUT2D eigenvalue weighted by molar-refractivity contribution is 1.33. The molecule has 33 heavy (non-hydrogen) atoms. The molecule has 4 heteroatoms. The molecule has 0 saturated carbocycles. The summed E-state index contributed by atoms with van der Waals surface area (Å²) in [6.45, 7) is 7.17. The largest absolute Gasteiger partial charge is 0.264 e. The van der Waals surface area contributed by atoms with Crippen LogP contribution in [0, 0.1) is 0 Å². The van der Waals surface area contributed by atoms with Gasteiger partial charge in [0.1, 0.15) is 0 Å². The maximum absolute atomic E-state index is 5.18.